The van der Waals surface area contributed by atoms with E-state index in [-0.39, 0.29) is 18.1 Å². The first-order valence-corrected chi connectivity index (χ1v) is 14.0. The first-order chi connectivity index (χ1) is 18.6. The van der Waals surface area contributed by atoms with Crippen LogP contribution in [0.3, 0.4) is 0 Å². The minimum absolute atomic E-state index is 0.00629. The summed E-state index contributed by atoms with van der Waals surface area (Å²) in [4.78, 5) is 20.4. The highest BCUT2D eigenvalue weighted by Gasteiger charge is 2.56. The molecule has 1 aromatic rings. The number of aryl methyl sites for hydroxylation is 2. The van der Waals surface area contributed by atoms with E-state index in [9.17, 15) is 9.90 Å². The SMILES string of the molecule is CO/C=C1/CC2=C(C=C1OC)CN1C(=O)N(CCO)C3(CCN(Cc4cc(C)cc(C)c4)CC3)C1=CC2(C)C. The Morgan fingerprint density at radius 3 is 2.38 bits per heavy atom. The van der Waals surface area contributed by atoms with E-state index in [4.69, 9.17) is 9.47 Å². The smallest absolute Gasteiger partial charge is 0.325 e. The number of β-amino-alcohol motifs (C(OH)–C–C–N with tert-alkyl or cyclic N) is 1. The number of carbonyl (C=O) groups is 1. The molecule has 5 rings (SSSR count). The van der Waals surface area contributed by atoms with Gasteiger partial charge >= 0.3 is 6.03 Å². The lowest BCUT2D eigenvalue weighted by Gasteiger charge is -2.45. The van der Waals surface area contributed by atoms with E-state index < -0.39 is 5.54 Å². The predicted molar refractivity (Wildman–Crippen MR) is 153 cm³/mol. The van der Waals surface area contributed by atoms with Gasteiger partial charge in [-0.3, -0.25) is 9.80 Å². The van der Waals surface area contributed by atoms with Gasteiger partial charge in [-0.05, 0) is 43.9 Å². The normalized spacial score (nSPS) is 23.5. The summed E-state index contributed by atoms with van der Waals surface area (Å²) in [7, 11) is 3.34. The minimum atomic E-state index is -0.413. The first-order valence-electron chi connectivity index (χ1n) is 14.0. The Labute approximate surface area is 233 Å². The Hall–Kier alpha value is -3.03. The van der Waals surface area contributed by atoms with Crippen molar-refractivity contribution >= 4 is 6.03 Å². The summed E-state index contributed by atoms with van der Waals surface area (Å²) in [6, 6.07) is 6.76. The summed E-state index contributed by atoms with van der Waals surface area (Å²) in [5.74, 6) is 0.781. The molecule has 0 unspecified atom stereocenters. The molecule has 3 aliphatic heterocycles. The molecule has 1 N–H and O–H groups in total. The molecular formula is C32H43N3O4. The quantitative estimate of drug-likeness (QED) is 0.519. The standard InChI is InChI=1S/C32H43N3O4/c1-22-13-23(2)15-24(14-22)19-33-9-7-32(8-10-33)29-18-31(3,4)27-16-26(21-38-5)28(39-6)17-25(27)20-34(29)30(37)35(32)11-12-36/h13-15,17-18,21,36H,7-12,16,19-20H2,1-6H3/b26-21-. The number of carbonyl (C=O) groups excluding carboxylic acids is 1. The lowest BCUT2D eigenvalue weighted by molar-refractivity contribution is 0.0743. The van der Waals surface area contributed by atoms with Crippen molar-refractivity contribution in [1.29, 1.82) is 0 Å². The molecule has 1 aromatic carbocycles. The third kappa shape index (κ3) is 4.91. The van der Waals surface area contributed by atoms with Crippen LogP contribution in [0.15, 0.2) is 64.8 Å². The van der Waals surface area contributed by atoms with E-state index in [0.29, 0.717) is 13.1 Å². The number of amides is 2. The summed E-state index contributed by atoms with van der Waals surface area (Å²) in [6.45, 7) is 12.3. The van der Waals surface area contributed by atoms with Crippen molar-refractivity contribution in [2.75, 3.05) is 47.0 Å². The number of rotatable bonds is 6. The van der Waals surface area contributed by atoms with Crippen molar-refractivity contribution in [2.24, 2.45) is 5.41 Å². The van der Waals surface area contributed by atoms with Gasteiger partial charge < -0.3 is 19.5 Å². The first kappa shape index (κ1) is 27.5. The Bertz CT molecular complexity index is 1240. The van der Waals surface area contributed by atoms with Crippen molar-refractivity contribution < 1.29 is 19.4 Å². The summed E-state index contributed by atoms with van der Waals surface area (Å²) in [5, 5.41) is 9.99. The fourth-order valence-corrected chi connectivity index (χ4v) is 7.16. The lowest BCUT2D eigenvalue weighted by atomic mass is 9.74. The number of aliphatic hydroxyl groups excluding tert-OH is 1. The van der Waals surface area contributed by atoms with Crippen LogP contribution >= 0.6 is 0 Å². The number of aliphatic hydroxyl groups is 1. The van der Waals surface area contributed by atoms with Crippen molar-refractivity contribution in [3.05, 3.63) is 81.5 Å². The molecule has 0 atom stereocenters. The second-order valence-corrected chi connectivity index (χ2v) is 12.1. The summed E-state index contributed by atoms with van der Waals surface area (Å²) >= 11 is 0. The molecule has 2 saturated heterocycles. The predicted octanol–water partition coefficient (Wildman–Crippen LogP) is 5.05. The molecule has 1 spiro atoms. The van der Waals surface area contributed by atoms with Crippen LogP contribution < -0.4 is 0 Å². The molecule has 39 heavy (non-hydrogen) atoms. The summed E-state index contributed by atoms with van der Waals surface area (Å²) in [6.07, 6.45) is 8.58. The zero-order chi connectivity index (χ0) is 27.9. The molecule has 3 heterocycles. The minimum Gasteiger partial charge on any atom is -0.504 e. The van der Waals surface area contributed by atoms with Crippen LogP contribution in [0.2, 0.25) is 0 Å². The number of ether oxygens (including phenoxy) is 2. The number of methoxy groups -OCH3 is 2. The van der Waals surface area contributed by atoms with Crippen molar-refractivity contribution in [1.82, 2.24) is 14.7 Å². The molecule has 2 fully saturated rings. The van der Waals surface area contributed by atoms with Crippen molar-refractivity contribution in [2.45, 2.75) is 59.0 Å². The van der Waals surface area contributed by atoms with Crippen LogP contribution in [-0.2, 0) is 16.0 Å². The number of hydrogen-bond acceptors (Lipinski definition) is 5. The molecular weight excluding hydrogens is 490 g/mol. The monoisotopic (exact) mass is 533 g/mol. The summed E-state index contributed by atoms with van der Waals surface area (Å²) in [5.41, 5.74) is 7.76. The topological polar surface area (TPSA) is 65.5 Å². The Balaban J connectivity index is 1.47. The molecule has 1 aliphatic carbocycles. The Kier molecular flexibility index (Phi) is 7.42. The summed E-state index contributed by atoms with van der Waals surface area (Å²) < 4.78 is 11.1. The van der Waals surface area contributed by atoms with E-state index >= 15 is 0 Å². The Morgan fingerprint density at radius 1 is 1.08 bits per heavy atom. The van der Waals surface area contributed by atoms with E-state index in [1.807, 2.05) is 9.80 Å². The van der Waals surface area contributed by atoms with Gasteiger partial charge in [0, 0.05) is 49.3 Å². The van der Waals surface area contributed by atoms with Crippen LogP contribution in [-0.4, -0.2) is 78.4 Å². The maximum Gasteiger partial charge on any atom is 0.325 e. The number of fused-ring (bicyclic) bond motifs is 2. The van der Waals surface area contributed by atoms with Crippen molar-refractivity contribution in [3.63, 3.8) is 0 Å². The lowest BCUT2D eigenvalue weighted by Crippen LogP contribution is -2.54. The van der Waals surface area contributed by atoms with Crippen LogP contribution in [0.25, 0.3) is 0 Å². The number of likely N-dealkylation sites (tertiary alicyclic amines) is 1. The zero-order valence-corrected chi connectivity index (χ0v) is 24.3. The maximum absolute atomic E-state index is 14.0. The average Bonchev–Trinajstić information content (AvgIpc) is 2.99. The van der Waals surface area contributed by atoms with Crippen LogP contribution in [0.5, 0.6) is 0 Å². The fourth-order valence-electron chi connectivity index (χ4n) is 7.16. The van der Waals surface area contributed by atoms with E-state index in [2.05, 4.69) is 62.9 Å². The second kappa shape index (κ2) is 10.5. The molecule has 7 nitrogen and oxygen atoms in total. The number of urea groups is 1. The van der Waals surface area contributed by atoms with E-state index in [1.165, 1.54) is 22.3 Å². The highest BCUT2D eigenvalue weighted by atomic mass is 16.5. The number of piperidine rings is 1. The molecule has 4 aliphatic rings. The fraction of sp³-hybridized carbons (Fsp3) is 0.531. The molecule has 0 bridgehead atoms. The van der Waals surface area contributed by atoms with E-state index in [1.54, 1.807) is 20.5 Å². The largest absolute Gasteiger partial charge is 0.504 e. The van der Waals surface area contributed by atoms with Gasteiger partial charge in [0.1, 0.15) is 5.76 Å². The van der Waals surface area contributed by atoms with Crippen LogP contribution in [0.4, 0.5) is 4.79 Å². The highest BCUT2D eigenvalue weighted by Crippen LogP contribution is 2.51. The number of benzene rings is 1. The molecule has 0 aromatic heterocycles. The average molecular weight is 534 g/mol. The molecule has 7 heteroatoms. The van der Waals surface area contributed by atoms with Gasteiger partial charge in [0.25, 0.3) is 0 Å². The van der Waals surface area contributed by atoms with Gasteiger partial charge in [0.05, 0.1) is 39.2 Å². The third-order valence-electron chi connectivity index (χ3n) is 8.90. The number of allylic oxidation sites excluding steroid dienone is 3. The Morgan fingerprint density at radius 2 is 1.77 bits per heavy atom. The van der Waals surface area contributed by atoms with Crippen LogP contribution in [0.1, 0.15) is 49.8 Å². The van der Waals surface area contributed by atoms with Gasteiger partial charge in [-0.25, -0.2) is 4.79 Å². The molecule has 2 amide bonds. The zero-order valence-electron chi connectivity index (χ0n) is 24.3. The van der Waals surface area contributed by atoms with Gasteiger partial charge in [-0.15, -0.1) is 0 Å². The molecule has 210 valence electrons. The van der Waals surface area contributed by atoms with E-state index in [0.717, 1.165) is 61.5 Å². The van der Waals surface area contributed by atoms with Crippen LogP contribution in [0, 0.1) is 19.3 Å². The van der Waals surface area contributed by atoms with Gasteiger partial charge in [-0.2, -0.15) is 0 Å². The van der Waals surface area contributed by atoms with Crippen molar-refractivity contribution in [3.8, 4) is 0 Å². The third-order valence-corrected chi connectivity index (χ3v) is 8.90. The number of nitrogens with zero attached hydrogens (tertiary/aromatic N) is 3. The molecule has 0 saturated carbocycles. The van der Waals surface area contributed by atoms with Gasteiger partial charge in [0.2, 0.25) is 0 Å². The highest BCUT2D eigenvalue weighted by molar-refractivity contribution is 5.83. The van der Waals surface area contributed by atoms with Gasteiger partial charge in [0.15, 0.2) is 0 Å². The second-order valence-electron chi connectivity index (χ2n) is 12.1. The number of hydrogen-bond donors (Lipinski definition) is 1. The maximum atomic E-state index is 14.0. The molecule has 0 radical (unpaired) electrons. The van der Waals surface area contributed by atoms with Gasteiger partial charge in [-0.1, -0.05) is 54.8 Å².